The van der Waals surface area contributed by atoms with E-state index in [0.29, 0.717) is 21.7 Å². The van der Waals surface area contributed by atoms with Crippen molar-refractivity contribution in [1.82, 2.24) is 9.55 Å². The molecule has 124 valence electrons. The van der Waals surface area contributed by atoms with E-state index < -0.39 is 17.6 Å². The van der Waals surface area contributed by atoms with Crippen molar-refractivity contribution in [1.29, 1.82) is 0 Å². The van der Waals surface area contributed by atoms with Crippen molar-refractivity contribution in [3.63, 3.8) is 0 Å². The SMILES string of the molecule is COC(=O)c1sc(NC(=O)Cn2c(=O)oc3ccccc32)nc1C. The fourth-order valence-corrected chi connectivity index (χ4v) is 3.10. The van der Waals surface area contributed by atoms with Gasteiger partial charge >= 0.3 is 11.7 Å². The Bertz CT molecular complexity index is 985. The number of anilines is 1. The van der Waals surface area contributed by atoms with E-state index in [9.17, 15) is 14.4 Å². The normalized spacial score (nSPS) is 10.8. The van der Waals surface area contributed by atoms with Crippen LogP contribution < -0.4 is 11.1 Å². The number of hydrogen-bond donors (Lipinski definition) is 1. The number of aromatic nitrogens is 2. The molecule has 0 atom stereocenters. The average molecular weight is 347 g/mol. The molecule has 2 aromatic heterocycles. The van der Waals surface area contributed by atoms with Crippen molar-refractivity contribution < 1.29 is 18.7 Å². The van der Waals surface area contributed by atoms with E-state index in [1.54, 1.807) is 31.2 Å². The highest BCUT2D eigenvalue weighted by molar-refractivity contribution is 7.17. The van der Waals surface area contributed by atoms with Gasteiger partial charge in [-0.1, -0.05) is 23.5 Å². The van der Waals surface area contributed by atoms with E-state index in [4.69, 9.17) is 4.42 Å². The highest BCUT2D eigenvalue weighted by Gasteiger charge is 2.18. The van der Waals surface area contributed by atoms with Crippen LogP contribution in [-0.4, -0.2) is 28.5 Å². The molecule has 0 radical (unpaired) electrons. The van der Waals surface area contributed by atoms with Gasteiger partial charge in [0.2, 0.25) is 5.91 Å². The summed E-state index contributed by atoms with van der Waals surface area (Å²) in [5.41, 5.74) is 1.41. The van der Waals surface area contributed by atoms with Gasteiger partial charge in [0, 0.05) is 0 Å². The molecule has 1 aromatic carbocycles. The zero-order chi connectivity index (χ0) is 17.3. The number of carbonyl (C=O) groups excluding carboxylic acids is 2. The summed E-state index contributed by atoms with van der Waals surface area (Å²) in [7, 11) is 1.27. The molecule has 0 fully saturated rings. The molecule has 0 aliphatic heterocycles. The summed E-state index contributed by atoms with van der Waals surface area (Å²) in [5, 5.41) is 2.83. The molecule has 1 amide bonds. The number of para-hydroxylation sites is 2. The Balaban J connectivity index is 1.80. The molecule has 0 aliphatic rings. The molecule has 0 saturated heterocycles. The Morgan fingerprint density at radius 1 is 1.38 bits per heavy atom. The van der Waals surface area contributed by atoms with Gasteiger partial charge in [-0.25, -0.2) is 14.6 Å². The zero-order valence-electron chi connectivity index (χ0n) is 12.9. The number of esters is 1. The quantitative estimate of drug-likeness (QED) is 0.722. The van der Waals surface area contributed by atoms with Crippen molar-refractivity contribution in [2.24, 2.45) is 0 Å². The third-order valence-electron chi connectivity index (χ3n) is 3.29. The van der Waals surface area contributed by atoms with Crippen LogP contribution in [0.2, 0.25) is 0 Å². The molecule has 24 heavy (non-hydrogen) atoms. The van der Waals surface area contributed by atoms with Crippen molar-refractivity contribution in [3.05, 3.63) is 45.4 Å². The Hall–Kier alpha value is -2.94. The molecule has 0 bridgehead atoms. The number of hydrogen-bond acceptors (Lipinski definition) is 7. The maximum Gasteiger partial charge on any atom is 0.420 e. The van der Waals surface area contributed by atoms with E-state index in [-0.39, 0.29) is 11.7 Å². The lowest BCUT2D eigenvalue weighted by Gasteiger charge is -2.02. The van der Waals surface area contributed by atoms with Crippen molar-refractivity contribution in [2.75, 3.05) is 12.4 Å². The molecule has 3 rings (SSSR count). The summed E-state index contributed by atoms with van der Waals surface area (Å²) in [6, 6.07) is 6.83. The molecule has 0 aliphatic carbocycles. The molecule has 1 N–H and O–H groups in total. The molecule has 2 heterocycles. The number of methoxy groups -OCH3 is 1. The summed E-state index contributed by atoms with van der Waals surface area (Å²) in [6.07, 6.45) is 0. The molecule has 0 saturated carbocycles. The van der Waals surface area contributed by atoms with Crippen LogP contribution in [-0.2, 0) is 16.1 Å². The second-order valence-electron chi connectivity index (χ2n) is 4.90. The molecule has 8 nitrogen and oxygen atoms in total. The van der Waals surface area contributed by atoms with E-state index >= 15 is 0 Å². The van der Waals surface area contributed by atoms with Gasteiger partial charge in [0.1, 0.15) is 11.4 Å². The number of amides is 1. The van der Waals surface area contributed by atoms with Gasteiger partial charge in [-0.3, -0.25) is 9.36 Å². The number of thiazole rings is 1. The highest BCUT2D eigenvalue weighted by Crippen LogP contribution is 2.23. The maximum atomic E-state index is 12.2. The van der Waals surface area contributed by atoms with Gasteiger partial charge in [-0.05, 0) is 19.1 Å². The third-order valence-corrected chi connectivity index (χ3v) is 4.34. The zero-order valence-corrected chi connectivity index (χ0v) is 13.7. The van der Waals surface area contributed by atoms with Crippen LogP contribution in [0, 0.1) is 6.92 Å². The van der Waals surface area contributed by atoms with E-state index in [1.165, 1.54) is 11.7 Å². The van der Waals surface area contributed by atoms with Crippen molar-refractivity contribution in [2.45, 2.75) is 13.5 Å². The minimum atomic E-state index is -0.614. The van der Waals surface area contributed by atoms with Crippen LogP contribution in [0.15, 0.2) is 33.5 Å². The van der Waals surface area contributed by atoms with Gasteiger partial charge in [-0.2, -0.15) is 0 Å². The van der Waals surface area contributed by atoms with Crippen LogP contribution >= 0.6 is 11.3 Å². The number of benzene rings is 1. The number of rotatable bonds is 4. The molecule has 9 heteroatoms. The number of carbonyl (C=O) groups is 2. The maximum absolute atomic E-state index is 12.2. The summed E-state index contributed by atoms with van der Waals surface area (Å²) < 4.78 is 10.9. The average Bonchev–Trinajstić information content (AvgIpc) is 3.07. The summed E-state index contributed by atoms with van der Waals surface area (Å²) in [5.74, 6) is -1.58. The van der Waals surface area contributed by atoms with E-state index in [1.807, 2.05) is 0 Å². The summed E-state index contributed by atoms with van der Waals surface area (Å²) in [4.78, 5) is 40.0. The number of nitrogens with one attached hydrogen (secondary N) is 1. The van der Waals surface area contributed by atoms with Crippen molar-refractivity contribution >= 4 is 39.4 Å². The first-order valence-electron chi connectivity index (χ1n) is 6.93. The van der Waals surface area contributed by atoms with Crippen LogP contribution in [0.25, 0.3) is 11.1 Å². The monoisotopic (exact) mass is 347 g/mol. The van der Waals surface area contributed by atoms with E-state index in [2.05, 4.69) is 15.0 Å². The number of aryl methyl sites for hydroxylation is 1. The van der Waals surface area contributed by atoms with Gasteiger partial charge in [0.05, 0.1) is 18.3 Å². The van der Waals surface area contributed by atoms with Gasteiger partial charge in [0.15, 0.2) is 10.7 Å². The predicted octanol–water partition coefficient (Wildman–Crippen LogP) is 1.78. The number of fused-ring (bicyclic) bond motifs is 1. The number of nitrogens with zero attached hydrogens (tertiary/aromatic N) is 2. The minimum absolute atomic E-state index is 0.220. The molecular formula is C15H13N3O5S. The van der Waals surface area contributed by atoms with E-state index in [0.717, 1.165) is 11.3 Å². The standard InChI is InChI=1S/C15H13N3O5S/c1-8-12(13(20)22-2)24-14(16-8)17-11(19)7-18-9-5-3-4-6-10(9)23-15(18)21/h3-6H,7H2,1-2H3,(H,16,17,19). The minimum Gasteiger partial charge on any atom is -0.465 e. The van der Waals surface area contributed by atoms with Crippen LogP contribution in [0.1, 0.15) is 15.4 Å². The molecular weight excluding hydrogens is 334 g/mol. The Labute approximate surface area is 139 Å². The second kappa shape index (κ2) is 6.28. The highest BCUT2D eigenvalue weighted by atomic mass is 32.1. The number of oxazole rings is 1. The predicted molar refractivity (Wildman–Crippen MR) is 87.3 cm³/mol. The Kier molecular flexibility index (Phi) is 4.17. The third kappa shape index (κ3) is 2.93. The summed E-state index contributed by atoms with van der Waals surface area (Å²) >= 11 is 1.01. The van der Waals surface area contributed by atoms with Crippen molar-refractivity contribution in [3.8, 4) is 0 Å². The molecule has 0 unspecified atom stereocenters. The fraction of sp³-hybridized carbons (Fsp3) is 0.200. The lowest BCUT2D eigenvalue weighted by atomic mass is 10.3. The first-order valence-corrected chi connectivity index (χ1v) is 7.75. The Morgan fingerprint density at radius 3 is 2.88 bits per heavy atom. The topological polar surface area (TPSA) is 103 Å². The summed E-state index contributed by atoms with van der Waals surface area (Å²) in [6.45, 7) is 1.43. The fourth-order valence-electron chi connectivity index (χ4n) is 2.20. The Morgan fingerprint density at radius 2 is 2.12 bits per heavy atom. The molecule has 3 aromatic rings. The van der Waals surface area contributed by atoms with Crippen LogP contribution in [0.3, 0.4) is 0 Å². The first kappa shape index (κ1) is 15.9. The van der Waals surface area contributed by atoms with Crippen LogP contribution in [0.4, 0.5) is 5.13 Å². The van der Waals surface area contributed by atoms with Crippen LogP contribution in [0.5, 0.6) is 0 Å². The van der Waals surface area contributed by atoms with Gasteiger partial charge < -0.3 is 14.5 Å². The lowest BCUT2D eigenvalue weighted by molar-refractivity contribution is -0.116. The van der Waals surface area contributed by atoms with Gasteiger partial charge in [-0.15, -0.1) is 0 Å². The number of ether oxygens (including phenoxy) is 1. The smallest absolute Gasteiger partial charge is 0.420 e. The first-order chi connectivity index (χ1) is 11.5. The largest absolute Gasteiger partial charge is 0.465 e. The molecule has 0 spiro atoms. The van der Waals surface area contributed by atoms with Gasteiger partial charge in [0.25, 0.3) is 0 Å². The second-order valence-corrected chi connectivity index (χ2v) is 5.89. The lowest BCUT2D eigenvalue weighted by Crippen LogP contribution is -2.24.